The van der Waals surface area contributed by atoms with Crippen LogP contribution in [0.25, 0.3) is 22.0 Å². The second kappa shape index (κ2) is 11.9. The van der Waals surface area contributed by atoms with E-state index in [4.69, 9.17) is 9.94 Å². The number of hydrogen-bond donors (Lipinski definition) is 2. The van der Waals surface area contributed by atoms with Crippen LogP contribution < -0.4 is 11.0 Å². The molecule has 2 heterocycles. The smallest absolute Gasteiger partial charge is 0.264 e. The van der Waals surface area contributed by atoms with Gasteiger partial charge in [0.1, 0.15) is 5.82 Å². The van der Waals surface area contributed by atoms with E-state index in [9.17, 15) is 18.0 Å². The first-order valence-electron chi connectivity index (χ1n) is 12.8. The zero-order valence-corrected chi connectivity index (χ0v) is 22.8. The number of benzene rings is 2. The number of hydroxylamine groups is 1. The van der Waals surface area contributed by atoms with Crippen molar-refractivity contribution in [3.63, 3.8) is 0 Å². The van der Waals surface area contributed by atoms with E-state index in [0.717, 1.165) is 44.8 Å². The number of nitrogens with zero attached hydrogens (tertiary/aromatic N) is 3. The Kier molecular flexibility index (Phi) is 8.80. The summed E-state index contributed by atoms with van der Waals surface area (Å²) in [5.41, 5.74) is 3.23. The van der Waals surface area contributed by atoms with Gasteiger partial charge in [0.2, 0.25) is 0 Å². The molecule has 0 aliphatic carbocycles. The SMILES string of the molecule is CCS(=O)(=O)[C@](C)(CCn1cnc2cc(-c3ccc(CCN4CCOCC4)cc3F)ccc2c1=O)C(=O)NO. The minimum Gasteiger partial charge on any atom is -0.379 e. The first-order valence-corrected chi connectivity index (χ1v) is 14.5. The molecule has 1 atom stereocenters. The van der Waals surface area contributed by atoms with Gasteiger partial charge in [0.05, 0.1) is 30.4 Å². The van der Waals surface area contributed by atoms with Gasteiger partial charge in [-0.05, 0) is 49.1 Å². The van der Waals surface area contributed by atoms with Crippen molar-refractivity contribution >= 4 is 26.6 Å². The average molecular weight is 561 g/mol. The van der Waals surface area contributed by atoms with E-state index in [2.05, 4.69) is 9.88 Å². The van der Waals surface area contributed by atoms with Crippen molar-refractivity contribution in [3.05, 3.63) is 64.5 Å². The molecule has 0 radical (unpaired) electrons. The van der Waals surface area contributed by atoms with Gasteiger partial charge in [0.25, 0.3) is 11.5 Å². The summed E-state index contributed by atoms with van der Waals surface area (Å²) in [5.74, 6) is -1.73. The summed E-state index contributed by atoms with van der Waals surface area (Å²) < 4.78 is 44.8. The van der Waals surface area contributed by atoms with Crippen LogP contribution in [0.1, 0.15) is 25.8 Å². The molecule has 1 aliphatic rings. The maximum absolute atomic E-state index is 15.1. The van der Waals surface area contributed by atoms with E-state index in [-0.39, 0.29) is 29.9 Å². The van der Waals surface area contributed by atoms with Crippen LogP contribution in [-0.2, 0) is 32.3 Å². The molecule has 39 heavy (non-hydrogen) atoms. The van der Waals surface area contributed by atoms with E-state index in [1.165, 1.54) is 36.3 Å². The minimum atomic E-state index is -3.90. The third-order valence-electron chi connectivity index (χ3n) is 7.47. The van der Waals surface area contributed by atoms with Crippen molar-refractivity contribution in [3.8, 4) is 11.1 Å². The average Bonchev–Trinajstić information content (AvgIpc) is 2.95. The van der Waals surface area contributed by atoms with E-state index in [1.54, 1.807) is 24.3 Å². The molecule has 1 aliphatic heterocycles. The summed E-state index contributed by atoms with van der Waals surface area (Å²) in [6.45, 7) is 6.52. The Morgan fingerprint density at radius 2 is 1.92 bits per heavy atom. The van der Waals surface area contributed by atoms with Gasteiger partial charge in [-0.3, -0.25) is 24.3 Å². The number of aromatic nitrogens is 2. The Labute approximate surface area is 226 Å². The lowest BCUT2D eigenvalue weighted by atomic mass is 10.0. The molecule has 1 aromatic heterocycles. The molecule has 12 heteroatoms. The van der Waals surface area contributed by atoms with Gasteiger partial charge in [0.15, 0.2) is 14.6 Å². The maximum atomic E-state index is 15.1. The third kappa shape index (κ3) is 6.03. The Hall–Kier alpha value is -3.19. The summed E-state index contributed by atoms with van der Waals surface area (Å²) in [5, 5.41) is 9.35. The van der Waals surface area contributed by atoms with Crippen LogP contribution in [-0.4, -0.2) is 77.3 Å². The van der Waals surface area contributed by atoms with Crippen LogP contribution in [0.15, 0.2) is 47.5 Å². The van der Waals surface area contributed by atoms with Gasteiger partial charge in [-0.2, -0.15) is 0 Å². The number of fused-ring (bicyclic) bond motifs is 1. The van der Waals surface area contributed by atoms with Crippen LogP contribution in [0.5, 0.6) is 0 Å². The van der Waals surface area contributed by atoms with Gasteiger partial charge in [-0.1, -0.05) is 25.1 Å². The van der Waals surface area contributed by atoms with E-state index in [1.807, 2.05) is 6.07 Å². The monoisotopic (exact) mass is 560 g/mol. The number of amides is 1. The van der Waals surface area contributed by atoms with Crippen molar-refractivity contribution in [2.24, 2.45) is 0 Å². The second-order valence-corrected chi connectivity index (χ2v) is 12.5. The van der Waals surface area contributed by atoms with E-state index < -0.39 is 26.1 Å². The number of nitrogens with one attached hydrogen (secondary N) is 1. The van der Waals surface area contributed by atoms with Gasteiger partial charge >= 0.3 is 0 Å². The van der Waals surface area contributed by atoms with E-state index >= 15 is 4.39 Å². The molecule has 0 saturated carbocycles. The highest BCUT2D eigenvalue weighted by atomic mass is 32.2. The molecular weight excluding hydrogens is 527 g/mol. The Morgan fingerprint density at radius 1 is 1.18 bits per heavy atom. The van der Waals surface area contributed by atoms with Gasteiger partial charge in [-0.15, -0.1) is 0 Å². The highest BCUT2D eigenvalue weighted by Gasteiger charge is 2.45. The molecule has 0 spiro atoms. The van der Waals surface area contributed by atoms with Crippen molar-refractivity contribution in [2.45, 2.75) is 38.0 Å². The Morgan fingerprint density at radius 3 is 2.59 bits per heavy atom. The Balaban J connectivity index is 1.53. The fourth-order valence-corrected chi connectivity index (χ4v) is 6.09. The molecule has 1 amide bonds. The maximum Gasteiger partial charge on any atom is 0.264 e. The summed E-state index contributed by atoms with van der Waals surface area (Å²) in [6.07, 6.45) is 1.76. The number of carbonyl (C=O) groups excluding carboxylic acids is 1. The first kappa shape index (κ1) is 28.8. The number of hydrogen-bond acceptors (Lipinski definition) is 8. The zero-order valence-electron chi connectivity index (χ0n) is 22.0. The number of aryl methyl sites for hydroxylation is 1. The van der Waals surface area contributed by atoms with Crippen LogP contribution in [0.2, 0.25) is 0 Å². The fourth-order valence-electron chi connectivity index (χ4n) is 4.73. The minimum absolute atomic E-state index is 0.118. The summed E-state index contributed by atoms with van der Waals surface area (Å²) in [7, 11) is -3.90. The highest BCUT2D eigenvalue weighted by molar-refractivity contribution is 7.93. The lowest BCUT2D eigenvalue weighted by Gasteiger charge is -2.26. The van der Waals surface area contributed by atoms with Crippen LogP contribution in [0.4, 0.5) is 4.39 Å². The molecule has 10 nitrogen and oxygen atoms in total. The van der Waals surface area contributed by atoms with Crippen LogP contribution in [0.3, 0.4) is 0 Å². The third-order valence-corrected chi connectivity index (χ3v) is 9.99. The summed E-state index contributed by atoms with van der Waals surface area (Å²) in [4.78, 5) is 31.9. The van der Waals surface area contributed by atoms with Gasteiger partial charge in [0, 0.05) is 37.5 Å². The number of morpholine rings is 1. The topological polar surface area (TPSA) is 131 Å². The van der Waals surface area contributed by atoms with E-state index in [0.29, 0.717) is 16.6 Å². The number of sulfone groups is 1. The zero-order chi connectivity index (χ0) is 28.2. The van der Waals surface area contributed by atoms with Gasteiger partial charge in [-0.25, -0.2) is 23.3 Å². The van der Waals surface area contributed by atoms with Crippen molar-refractivity contribution in [2.75, 3.05) is 38.6 Å². The van der Waals surface area contributed by atoms with Gasteiger partial charge < -0.3 is 4.74 Å². The molecule has 3 aromatic rings. The first-order chi connectivity index (χ1) is 18.6. The number of rotatable bonds is 10. The summed E-state index contributed by atoms with van der Waals surface area (Å²) >= 11 is 0. The Bertz CT molecular complexity index is 1520. The second-order valence-electron chi connectivity index (χ2n) is 9.82. The molecule has 0 unspecified atom stereocenters. The lowest BCUT2D eigenvalue weighted by molar-refractivity contribution is -0.131. The largest absolute Gasteiger partial charge is 0.379 e. The van der Waals surface area contributed by atoms with Crippen molar-refractivity contribution in [1.82, 2.24) is 19.9 Å². The normalized spacial score (nSPS) is 16.2. The molecule has 4 rings (SSSR count). The molecule has 2 N–H and O–H groups in total. The molecule has 1 saturated heterocycles. The molecule has 0 bridgehead atoms. The summed E-state index contributed by atoms with van der Waals surface area (Å²) in [6, 6.07) is 10.0. The van der Waals surface area contributed by atoms with Crippen LogP contribution >= 0.6 is 0 Å². The van der Waals surface area contributed by atoms with Crippen molar-refractivity contribution < 1.29 is 27.5 Å². The lowest BCUT2D eigenvalue weighted by Crippen LogP contribution is -2.51. The van der Waals surface area contributed by atoms with Crippen molar-refractivity contribution in [1.29, 1.82) is 0 Å². The number of carbonyl (C=O) groups is 1. The molecular formula is C27H33FN4O6S. The quantitative estimate of drug-likeness (QED) is 0.285. The van der Waals surface area contributed by atoms with Crippen LogP contribution in [0, 0.1) is 5.82 Å². The molecule has 1 fully saturated rings. The number of ether oxygens (including phenoxy) is 1. The number of halogens is 1. The standard InChI is InChI=1S/C27H33FN4O6S/c1-3-39(36,37)27(2,26(34)30-35)9-11-32-18-29-24-17-20(5-7-22(24)25(32)33)21-6-4-19(16-23(21)28)8-10-31-12-14-38-15-13-31/h4-7,16-18,35H,3,8-15H2,1-2H3,(H,30,34)/t27-/m1/s1. The molecule has 2 aromatic carbocycles. The molecule has 210 valence electrons. The highest BCUT2D eigenvalue weighted by Crippen LogP contribution is 2.27. The predicted molar refractivity (Wildman–Crippen MR) is 145 cm³/mol. The fraction of sp³-hybridized carbons (Fsp3) is 0.444. The predicted octanol–water partition coefficient (Wildman–Crippen LogP) is 2.17.